The Morgan fingerprint density at radius 2 is 2.14 bits per heavy atom. The predicted molar refractivity (Wildman–Crippen MR) is 90.2 cm³/mol. The van der Waals surface area contributed by atoms with Crippen molar-refractivity contribution in [2.24, 2.45) is 0 Å². The number of hydrogen-bond acceptors (Lipinski definition) is 4. The Kier molecular flexibility index (Phi) is 6.32. The fraction of sp³-hybridized carbons (Fsp3) is 0.750. The van der Waals surface area contributed by atoms with Crippen LogP contribution >= 0.6 is 11.8 Å². The van der Waals surface area contributed by atoms with Gasteiger partial charge in [-0.2, -0.15) is 11.8 Å². The number of hydrogen-bond donors (Lipinski definition) is 1. The topological polar surface area (TPSA) is 58.4 Å². The van der Waals surface area contributed by atoms with Gasteiger partial charge in [0, 0.05) is 37.4 Å². The molecule has 0 saturated carbocycles. The lowest BCUT2D eigenvalue weighted by Gasteiger charge is -2.33. The van der Waals surface area contributed by atoms with Crippen molar-refractivity contribution in [1.82, 2.24) is 14.5 Å². The zero-order chi connectivity index (χ0) is 16.1. The first-order chi connectivity index (χ1) is 10.5. The van der Waals surface area contributed by atoms with E-state index in [1.165, 1.54) is 0 Å². The fourth-order valence-electron chi connectivity index (χ4n) is 3.00. The van der Waals surface area contributed by atoms with Crippen LogP contribution in [0.3, 0.4) is 0 Å². The Bertz CT molecular complexity index is 481. The largest absolute Gasteiger partial charge is 0.383 e. The highest BCUT2D eigenvalue weighted by Crippen LogP contribution is 2.28. The van der Waals surface area contributed by atoms with Crippen molar-refractivity contribution in [3.8, 4) is 0 Å². The van der Waals surface area contributed by atoms with E-state index in [1.807, 2.05) is 23.5 Å². The smallest absolute Gasteiger partial charge is 0.251 e. The Morgan fingerprint density at radius 1 is 1.45 bits per heavy atom. The van der Waals surface area contributed by atoms with Crippen LogP contribution in [-0.2, 0) is 4.79 Å². The molecule has 2 rings (SSSR count). The van der Waals surface area contributed by atoms with Crippen molar-refractivity contribution in [2.75, 3.05) is 25.1 Å². The molecule has 0 aromatic carbocycles. The van der Waals surface area contributed by atoms with Gasteiger partial charge in [0.2, 0.25) is 0 Å². The van der Waals surface area contributed by atoms with Crippen LogP contribution in [0.25, 0.3) is 0 Å². The number of aliphatic hydroxyl groups excluding tert-OH is 1. The first-order valence-electron chi connectivity index (χ1n) is 8.03. The molecule has 1 atom stereocenters. The van der Waals surface area contributed by atoms with Crippen molar-refractivity contribution in [3.05, 3.63) is 18.2 Å². The monoisotopic (exact) mass is 325 g/mol. The van der Waals surface area contributed by atoms with E-state index in [2.05, 4.69) is 23.4 Å². The molecule has 0 radical (unpaired) electrons. The van der Waals surface area contributed by atoms with E-state index in [0.717, 1.165) is 24.4 Å². The summed E-state index contributed by atoms with van der Waals surface area (Å²) in [6, 6.07) is 0.408. The number of aliphatic hydroxyl groups is 1. The lowest BCUT2D eigenvalue weighted by Crippen LogP contribution is -2.44. The van der Waals surface area contributed by atoms with Crippen LogP contribution in [0.2, 0.25) is 0 Å². The number of amides is 1. The maximum absolute atomic E-state index is 12.2. The van der Waals surface area contributed by atoms with E-state index in [0.29, 0.717) is 31.5 Å². The van der Waals surface area contributed by atoms with Crippen LogP contribution in [-0.4, -0.2) is 56.7 Å². The van der Waals surface area contributed by atoms with E-state index in [1.54, 1.807) is 11.8 Å². The number of aromatic nitrogens is 2. The van der Waals surface area contributed by atoms with Gasteiger partial charge in [-0.05, 0) is 45.1 Å². The standard InChI is InChI=1S/C16H27N3O2S/c1-12(2)19-10-7-17-15(19)13-4-8-18(9-5-13)16(21)14(20)6-11-22-3/h7,10,12-14,20H,4-6,8-9,11H2,1-3H3/t14-/m0/s1. The molecule has 1 aliphatic heterocycles. The fourth-order valence-corrected chi connectivity index (χ4v) is 3.46. The highest BCUT2D eigenvalue weighted by Gasteiger charge is 2.29. The Balaban J connectivity index is 1.90. The molecule has 1 saturated heterocycles. The number of thioether (sulfide) groups is 1. The molecule has 2 heterocycles. The summed E-state index contributed by atoms with van der Waals surface area (Å²) in [4.78, 5) is 18.5. The van der Waals surface area contributed by atoms with Gasteiger partial charge in [-0.15, -0.1) is 0 Å². The molecule has 0 spiro atoms. The van der Waals surface area contributed by atoms with Gasteiger partial charge in [0.05, 0.1) is 0 Å². The van der Waals surface area contributed by atoms with Gasteiger partial charge in [-0.3, -0.25) is 4.79 Å². The Hall–Kier alpha value is -1.01. The summed E-state index contributed by atoms with van der Waals surface area (Å²) >= 11 is 1.66. The molecule has 0 aliphatic carbocycles. The maximum Gasteiger partial charge on any atom is 0.251 e. The zero-order valence-corrected chi connectivity index (χ0v) is 14.6. The molecule has 1 aromatic rings. The lowest BCUT2D eigenvalue weighted by atomic mass is 9.95. The molecule has 1 aliphatic rings. The number of carbonyl (C=O) groups excluding carboxylic acids is 1. The van der Waals surface area contributed by atoms with Crippen molar-refractivity contribution in [3.63, 3.8) is 0 Å². The van der Waals surface area contributed by atoms with E-state index in [-0.39, 0.29) is 5.91 Å². The molecule has 0 bridgehead atoms. The first kappa shape index (κ1) is 17.3. The van der Waals surface area contributed by atoms with Gasteiger partial charge in [-0.1, -0.05) is 0 Å². The molecule has 5 nitrogen and oxygen atoms in total. The molecule has 1 aromatic heterocycles. The van der Waals surface area contributed by atoms with E-state index in [4.69, 9.17) is 0 Å². The number of carbonyl (C=O) groups is 1. The molecular weight excluding hydrogens is 298 g/mol. The van der Waals surface area contributed by atoms with Gasteiger partial charge in [0.25, 0.3) is 5.91 Å². The minimum absolute atomic E-state index is 0.111. The number of nitrogens with zero attached hydrogens (tertiary/aromatic N) is 3. The minimum Gasteiger partial charge on any atom is -0.383 e. The summed E-state index contributed by atoms with van der Waals surface area (Å²) in [6.45, 7) is 5.74. The predicted octanol–water partition coefficient (Wildman–Crippen LogP) is 2.28. The Labute approximate surface area is 137 Å². The normalized spacial score (nSPS) is 18.0. The van der Waals surface area contributed by atoms with Gasteiger partial charge in [-0.25, -0.2) is 4.98 Å². The van der Waals surface area contributed by atoms with Crippen molar-refractivity contribution >= 4 is 17.7 Å². The second-order valence-corrected chi connectivity index (χ2v) is 7.17. The molecular formula is C16H27N3O2S. The second-order valence-electron chi connectivity index (χ2n) is 6.18. The van der Waals surface area contributed by atoms with Crippen LogP contribution in [0.5, 0.6) is 0 Å². The zero-order valence-electron chi connectivity index (χ0n) is 13.7. The number of likely N-dealkylation sites (tertiary alicyclic amines) is 1. The third kappa shape index (κ3) is 4.04. The van der Waals surface area contributed by atoms with Crippen LogP contribution in [0.1, 0.15) is 50.9 Å². The van der Waals surface area contributed by atoms with Gasteiger partial charge < -0.3 is 14.6 Å². The lowest BCUT2D eigenvalue weighted by molar-refractivity contribution is -0.141. The summed E-state index contributed by atoms with van der Waals surface area (Å²) in [6.07, 6.45) is 7.41. The van der Waals surface area contributed by atoms with Crippen LogP contribution in [0, 0.1) is 0 Å². The highest BCUT2D eigenvalue weighted by molar-refractivity contribution is 7.98. The average molecular weight is 325 g/mol. The molecule has 22 heavy (non-hydrogen) atoms. The van der Waals surface area contributed by atoms with E-state index < -0.39 is 6.10 Å². The van der Waals surface area contributed by atoms with Gasteiger partial charge in [0.1, 0.15) is 11.9 Å². The Morgan fingerprint density at radius 3 is 2.73 bits per heavy atom. The van der Waals surface area contributed by atoms with E-state index >= 15 is 0 Å². The summed E-state index contributed by atoms with van der Waals surface area (Å²) in [5.74, 6) is 2.24. The summed E-state index contributed by atoms with van der Waals surface area (Å²) in [5, 5.41) is 9.95. The third-order valence-corrected chi connectivity index (χ3v) is 4.95. The van der Waals surface area contributed by atoms with E-state index in [9.17, 15) is 9.90 Å². The molecule has 1 amide bonds. The summed E-state index contributed by atoms with van der Waals surface area (Å²) in [5.41, 5.74) is 0. The van der Waals surface area contributed by atoms with Crippen LogP contribution < -0.4 is 0 Å². The summed E-state index contributed by atoms with van der Waals surface area (Å²) in [7, 11) is 0. The maximum atomic E-state index is 12.2. The molecule has 1 fully saturated rings. The first-order valence-corrected chi connectivity index (χ1v) is 9.42. The number of imidazole rings is 1. The van der Waals surface area contributed by atoms with Crippen LogP contribution in [0.15, 0.2) is 12.4 Å². The molecule has 124 valence electrons. The van der Waals surface area contributed by atoms with Crippen molar-refractivity contribution in [1.29, 1.82) is 0 Å². The highest BCUT2D eigenvalue weighted by atomic mass is 32.2. The molecule has 0 unspecified atom stereocenters. The third-order valence-electron chi connectivity index (χ3n) is 4.31. The van der Waals surface area contributed by atoms with Crippen molar-refractivity contribution < 1.29 is 9.90 Å². The second kappa shape index (κ2) is 8.02. The quantitative estimate of drug-likeness (QED) is 0.872. The molecule has 6 heteroatoms. The van der Waals surface area contributed by atoms with Gasteiger partial charge in [0.15, 0.2) is 0 Å². The number of rotatable bonds is 6. The minimum atomic E-state index is -0.846. The SMILES string of the molecule is CSCC[C@H](O)C(=O)N1CCC(c2nccn2C(C)C)CC1. The van der Waals surface area contributed by atoms with Gasteiger partial charge >= 0.3 is 0 Å². The number of piperidine rings is 1. The van der Waals surface area contributed by atoms with Crippen molar-refractivity contribution in [2.45, 2.75) is 51.2 Å². The molecule has 1 N–H and O–H groups in total. The average Bonchev–Trinajstić information content (AvgIpc) is 3.02. The van der Waals surface area contributed by atoms with Crippen LogP contribution in [0.4, 0.5) is 0 Å². The summed E-state index contributed by atoms with van der Waals surface area (Å²) < 4.78 is 2.22.